The van der Waals surface area contributed by atoms with Crippen molar-refractivity contribution >= 4 is 0 Å². The minimum atomic E-state index is -0.362. The van der Waals surface area contributed by atoms with Crippen molar-refractivity contribution in [1.82, 2.24) is 4.90 Å². The summed E-state index contributed by atoms with van der Waals surface area (Å²) in [6.45, 7) is 5.19. The molecule has 1 atom stereocenters. The van der Waals surface area contributed by atoms with Crippen LogP contribution in [-0.2, 0) is 0 Å². The quantitative estimate of drug-likeness (QED) is 0.654. The van der Waals surface area contributed by atoms with E-state index in [2.05, 4.69) is 25.8 Å². The van der Waals surface area contributed by atoms with Gasteiger partial charge >= 0.3 is 0 Å². The first-order valence-corrected chi connectivity index (χ1v) is 5.09. The van der Waals surface area contributed by atoms with Gasteiger partial charge in [0.2, 0.25) is 0 Å². The smallest absolute Gasteiger partial charge is 0.0626 e. The lowest BCUT2D eigenvalue weighted by molar-refractivity contribution is 0.120. The lowest BCUT2D eigenvalue weighted by Crippen LogP contribution is -2.55. The maximum Gasteiger partial charge on any atom is 0.0626 e. The van der Waals surface area contributed by atoms with E-state index in [0.29, 0.717) is 12.0 Å². The zero-order valence-electron chi connectivity index (χ0n) is 8.95. The van der Waals surface area contributed by atoms with Gasteiger partial charge in [-0.2, -0.15) is 0 Å². The monoisotopic (exact) mass is 186 g/mol. The van der Waals surface area contributed by atoms with Gasteiger partial charge in [0, 0.05) is 12.6 Å². The Balaban J connectivity index is 2.47. The van der Waals surface area contributed by atoms with Gasteiger partial charge < -0.3 is 15.7 Å². The lowest BCUT2D eigenvalue weighted by Gasteiger charge is -2.34. The Kier molecular flexibility index (Phi) is 3.33. The van der Waals surface area contributed by atoms with Crippen LogP contribution < -0.4 is 5.73 Å². The molecule has 78 valence electrons. The normalized spacial score (nSPS) is 22.4. The fourth-order valence-corrected chi connectivity index (χ4v) is 1.61. The molecule has 1 aliphatic carbocycles. The molecule has 0 bridgehead atoms. The molecule has 1 saturated carbocycles. The average molecular weight is 186 g/mol. The number of hydrogen-bond acceptors (Lipinski definition) is 3. The Morgan fingerprint density at radius 2 is 2.08 bits per heavy atom. The van der Waals surface area contributed by atoms with Crippen molar-refractivity contribution in [2.75, 3.05) is 20.2 Å². The molecule has 3 nitrogen and oxygen atoms in total. The summed E-state index contributed by atoms with van der Waals surface area (Å²) in [5, 5.41) is 9.27. The van der Waals surface area contributed by atoms with E-state index in [4.69, 9.17) is 5.73 Å². The van der Waals surface area contributed by atoms with Gasteiger partial charge in [-0.05, 0) is 39.7 Å². The second-order valence-corrected chi connectivity index (χ2v) is 4.67. The molecule has 1 fully saturated rings. The second-order valence-electron chi connectivity index (χ2n) is 4.67. The number of aliphatic hydroxyl groups is 1. The zero-order chi connectivity index (χ0) is 10.1. The van der Waals surface area contributed by atoms with Crippen LogP contribution in [0.4, 0.5) is 0 Å². The molecule has 13 heavy (non-hydrogen) atoms. The number of likely N-dealkylation sites (N-methyl/N-ethyl adjacent to an activating group) is 1. The topological polar surface area (TPSA) is 49.5 Å². The number of aliphatic hydroxyl groups excluding tert-OH is 1. The largest absolute Gasteiger partial charge is 0.394 e. The van der Waals surface area contributed by atoms with Crippen LogP contribution in [0, 0.1) is 5.92 Å². The summed E-state index contributed by atoms with van der Waals surface area (Å²) < 4.78 is 0. The molecule has 1 unspecified atom stereocenters. The fourth-order valence-electron chi connectivity index (χ4n) is 1.61. The highest BCUT2D eigenvalue weighted by molar-refractivity contribution is 5.00. The van der Waals surface area contributed by atoms with Crippen LogP contribution in [0.2, 0.25) is 0 Å². The lowest BCUT2D eigenvalue weighted by atomic mass is 9.94. The van der Waals surface area contributed by atoms with E-state index in [9.17, 15) is 5.11 Å². The Hall–Kier alpha value is -0.120. The van der Waals surface area contributed by atoms with Crippen LogP contribution in [0.1, 0.15) is 26.7 Å². The average Bonchev–Trinajstić information content (AvgIpc) is 2.86. The van der Waals surface area contributed by atoms with Crippen molar-refractivity contribution < 1.29 is 5.11 Å². The molecule has 3 heteroatoms. The third-order valence-electron chi connectivity index (χ3n) is 3.11. The van der Waals surface area contributed by atoms with Gasteiger partial charge in [-0.3, -0.25) is 0 Å². The fraction of sp³-hybridized carbons (Fsp3) is 1.00. The Bertz CT molecular complexity index is 168. The van der Waals surface area contributed by atoms with Gasteiger partial charge in [0.25, 0.3) is 0 Å². The van der Waals surface area contributed by atoms with Crippen LogP contribution in [0.25, 0.3) is 0 Å². The predicted octanol–water partition coefficient (Wildman–Crippen LogP) is 0.426. The SMILES string of the molecule is CC(C)N(C)CC(N)(CO)C1CC1. The first-order valence-electron chi connectivity index (χ1n) is 5.09. The third-order valence-corrected chi connectivity index (χ3v) is 3.11. The molecule has 3 N–H and O–H groups in total. The highest BCUT2D eigenvalue weighted by atomic mass is 16.3. The summed E-state index contributed by atoms with van der Waals surface area (Å²) in [5.74, 6) is 0.540. The van der Waals surface area contributed by atoms with E-state index < -0.39 is 0 Å². The first kappa shape index (κ1) is 11.0. The van der Waals surface area contributed by atoms with Crippen molar-refractivity contribution in [3.05, 3.63) is 0 Å². The number of hydrogen-bond donors (Lipinski definition) is 2. The molecule has 0 spiro atoms. The molecule has 0 aliphatic heterocycles. The van der Waals surface area contributed by atoms with Crippen LogP contribution in [0.15, 0.2) is 0 Å². The predicted molar refractivity (Wildman–Crippen MR) is 54.5 cm³/mol. The number of rotatable bonds is 5. The van der Waals surface area contributed by atoms with Crippen LogP contribution in [-0.4, -0.2) is 41.8 Å². The molecular formula is C10H22N2O. The molecule has 0 radical (unpaired) electrons. The molecule has 1 aliphatic rings. The maximum absolute atomic E-state index is 9.27. The second kappa shape index (κ2) is 3.95. The van der Waals surface area contributed by atoms with E-state index in [1.807, 2.05) is 0 Å². The summed E-state index contributed by atoms with van der Waals surface area (Å²) in [6.07, 6.45) is 2.37. The molecule has 0 aromatic rings. The van der Waals surface area contributed by atoms with Crippen molar-refractivity contribution in [3.63, 3.8) is 0 Å². The minimum absolute atomic E-state index is 0.106. The van der Waals surface area contributed by atoms with E-state index in [1.54, 1.807) is 0 Å². The summed E-state index contributed by atoms with van der Waals surface area (Å²) in [7, 11) is 2.06. The summed E-state index contributed by atoms with van der Waals surface area (Å²) in [6, 6.07) is 0.494. The molecule has 0 heterocycles. The van der Waals surface area contributed by atoms with Gasteiger partial charge in [0.1, 0.15) is 0 Å². The summed E-state index contributed by atoms with van der Waals surface area (Å²) in [5.41, 5.74) is 5.79. The van der Waals surface area contributed by atoms with Crippen molar-refractivity contribution in [2.24, 2.45) is 11.7 Å². The van der Waals surface area contributed by atoms with Crippen LogP contribution in [0.3, 0.4) is 0 Å². The van der Waals surface area contributed by atoms with Gasteiger partial charge in [-0.15, -0.1) is 0 Å². The third kappa shape index (κ3) is 2.66. The van der Waals surface area contributed by atoms with Gasteiger partial charge in [-0.25, -0.2) is 0 Å². The highest BCUT2D eigenvalue weighted by Crippen LogP contribution is 2.38. The Labute approximate surface area is 80.9 Å². The van der Waals surface area contributed by atoms with Crippen molar-refractivity contribution in [2.45, 2.75) is 38.3 Å². The standard InChI is InChI=1S/C10H22N2O/c1-8(2)12(3)6-10(11,7-13)9-4-5-9/h8-9,13H,4-7,11H2,1-3H3. The van der Waals surface area contributed by atoms with Crippen molar-refractivity contribution in [3.8, 4) is 0 Å². The Morgan fingerprint density at radius 1 is 1.54 bits per heavy atom. The zero-order valence-corrected chi connectivity index (χ0v) is 8.95. The van der Waals surface area contributed by atoms with E-state index in [0.717, 1.165) is 6.54 Å². The molecule has 0 aromatic heterocycles. The Morgan fingerprint density at radius 3 is 2.38 bits per heavy atom. The van der Waals surface area contributed by atoms with Crippen LogP contribution >= 0.6 is 0 Å². The number of nitrogens with zero attached hydrogens (tertiary/aromatic N) is 1. The first-order chi connectivity index (χ1) is 5.99. The van der Waals surface area contributed by atoms with E-state index in [-0.39, 0.29) is 12.1 Å². The molecule has 0 amide bonds. The molecule has 0 aromatic carbocycles. The maximum atomic E-state index is 9.27. The minimum Gasteiger partial charge on any atom is -0.394 e. The van der Waals surface area contributed by atoms with Gasteiger partial charge in [-0.1, -0.05) is 0 Å². The van der Waals surface area contributed by atoms with E-state index >= 15 is 0 Å². The van der Waals surface area contributed by atoms with Crippen LogP contribution in [0.5, 0.6) is 0 Å². The molecular weight excluding hydrogens is 164 g/mol. The highest BCUT2D eigenvalue weighted by Gasteiger charge is 2.42. The van der Waals surface area contributed by atoms with Crippen molar-refractivity contribution in [1.29, 1.82) is 0 Å². The summed E-state index contributed by atoms with van der Waals surface area (Å²) in [4.78, 5) is 2.20. The number of nitrogens with two attached hydrogens (primary N) is 1. The van der Waals surface area contributed by atoms with Gasteiger partial charge in [0.15, 0.2) is 0 Å². The van der Waals surface area contributed by atoms with E-state index in [1.165, 1.54) is 12.8 Å². The van der Waals surface area contributed by atoms with Gasteiger partial charge in [0.05, 0.1) is 12.1 Å². The molecule has 0 saturated heterocycles. The molecule has 1 rings (SSSR count). The summed E-state index contributed by atoms with van der Waals surface area (Å²) >= 11 is 0.